The molecule has 0 saturated carbocycles. The Bertz CT molecular complexity index is 855. The second-order valence-corrected chi connectivity index (χ2v) is 15.0. The minimum atomic E-state index is -4.58. The number of rotatable bonds is 32. The molecular formula is C37H71N2O6P. The quantitative estimate of drug-likeness (QED) is 0.0321. The minimum Gasteiger partial charge on any atom is -0.756 e. The topological polar surface area (TPSA) is 108 Å². The number of aliphatic hydroxyl groups excluding tert-OH is 1. The fraction of sp³-hybridized carbons (Fsp3) is 0.811. The van der Waals surface area contributed by atoms with Crippen LogP contribution < -0.4 is 10.2 Å². The summed E-state index contributed by atoms with van der Waals surface area (Å²) in [5.74, 6) is -0.222. The molecule has 0 heterocycles. The second kappa shape index (κ2) is 29.8. The highest BCUT2D eigenvalue weighted by atomic mass is 31.2. The molecule has 3 unspecified atom stereocenters. The summed E-state index contributed by atoms with van der Waals surface area (Å²) in [6.45, 7) is 4.53. The molecule has 0 aliphatic heterocycles. The Balaban J connectivity index is 4.65. The number of aliphatic hydroxyl groups is 1. The Kier molecular flexibility index (Phi) is 29.0. The van der Waals surface area contributed by atoms with E-state index in [9.17, 15) is 19.4 Å². The number of quaternary nitrogens is 1. The lowest BCUT2D eigenvalue weighted by molar-refractivity contribution is -0.870. The van der Waals surface area contributed by atoms with Crippen LogP contribution in [0.25, 0.3) is 0 Å². The number of carbonyl (C=O) groups is 1. The molecule has 0 aromatic carbocycles. The lowest BCUT2D eigenvalue weighted by Gasteiger charge is -2.29. The zero-order valence-corrected chi connectivity index (χ0v) is 31.2. The number of carbonyl (C=O) groups excluding carboxylic acids is 1. The molecule has 270 valence electrons. The van der Waals surface area contributed by atoms with Crippen LogP contribution in [0.2, 0.25) is 0 Å². The fourth-order valence-electron chi connectivity index (χ4n) is 4.79. The number of nitrogens with zero attached hydrogens (tertiary/aromatic N) is 1. The lowest BCUT2D eigenvalue weighted by Crippen LogP contribution is -2.45. The predicted octanol–water partition coefficient (Wildman–Crippen LogP) is 8.55. The number of likely N-dealkylation sites (N-methyl/N-ethyl adjacent to an activating group) is 1. The molecule has 0 bridgehead atoms. The van der Waals surface area contributed by atoms with Gasteiger partial charge in [0.15, 0.2) is 0 Å². The van der Waals surface area contributed by atoms with Crippen molar-refractivity contribution in [3.05, 3.63) is 36.5 Å². The highest BCUT2D eigenvalue weighted by Gasteiger charge is 2.23. The van der Waals surface area contributed by atoms with Crippen LogP contribution in [0.1, 0.15) is 142 Å². The third-order valence-corrected chi connectivity index (χ3v) is 8.79. The Morgan fingerprint density at radius 3 is 1.83 bits per heavy atom. The first kappa shape index (κ1) is 44.7. The number of unbranched alkanes of at least 4 members (excludes halogenated alkanes) is 15. The third kappa shape index (κ3) is 31.3. The van der Waals surface area contributed by atoms with Gasteiger partial charge in [-0.05, 0) is 51.4 Å². The standard InChI is InChI=1S/C37H71N2O6P/c1-6-8-10-12-14-16-18-19-21-22-24-26-28-30-36(40)35(34-45-46(42,43)44-33-32-39(3,4)5)38-37(41)31-29-27-25-23-20-17-15-13-11-9-7-2/h13,15,21-22,28,30,35-36,40H,6-12,14,16-20,23-27,29,31-34H2,1-5H3,(H-,38,41,42,43)/b15-13-,22-21+,30-28+. The van der Waals surface area contributed by atoms with Crippen LogP contribution >= 0.6 is 7.82 Å². The van der Waals surface area contributed by atoms with Crippen LogP contribution in [0.5, 0.6) is 0 Å². The summed E-state index contributed by atoms with van der Waals surface area (Å²) in [6, 6.07) is -0.902. The highest BCUT2D eigenvalue weighted by Crippen LogP contribution is 2.38. The van der Waals surface area contributed by atoms with Gasteiger partial charge in [-0.3, -0.25) is 9.36 Å². The Morgan fingerprint density at radius 2 is 1.24 bits per heavy atom. The van der Waals surface area contributed by atoms with Gasteiger partial charge in [-0.1, -0.05) is 121 Å². The van der Waals surface area contributed by atoms with Crippen molar-refractivity contribution in [1.82, 2.24) is 5.32 Å². The van der Waals surface area contributed by atoms with E-state index in [4.69, 9.17) is 9.05 Å². The maximum atomic E-state index is 12.7. The lowest BCUT2D eigenvalue weighted by atomic mass is 10.1. The zero-order chi connectivity index (χ0) is 34.4. The van der Waals surface area contributed by atoms with Crippen molar-refractivity contribution in [3.63, 3.8) is 0 Å². The van der Waals surface area contributed by atoms with Gasteiger partial charge in [0.25, 0.3) is 7.82 Å². The maximum absolute atomic E-state index is 12.7. The number of hydrogen-bond donors (Lipinski definition) is 2. The largest absolute Gasteiger partial charge is 0.756 e. The molecule has 0 aromatic heterocycles. The molecule has 9 heteroatoms. The zero-order valence-electron chi connectivity index (χ0n) is 30.3. The SMILES string of the molecule is CCCC/C=C\CCCCCCCC(=O)NC(COP(=O)([O-])OCC[N+](C)(C)C)C(O)/C=C/CC/C=C/CCCCCCCCC. The first-order valence-electron chi connectivity index (χ1n) is 18.4. The van der Waals surface area contributed by atoms with Gasteiger partial charge in [-0.25, -0.2) is 0 Å². The molecule has 3 atom stereocenters. The van der Waals surface area contributed by atoms with Crippen molar-refractivity contribution < 1.29 is 32.9 Å². The fourth-order valence-corrected chi connectivity index (χ4v) is 5.52. The summed E-state index contributed by atoms with van der Waals surface area (Å²) in [5.41, 5.74) is 0. The number of nitrogens with one attached hydrogen (secondary N) is 1. The molecule has 0 fully saturated rings. The van der Waals surface area contributed by atoms with Crippen molar-refractivity contribution in [2.45, 2.75) is 154 Å². The van der Waals surface area contributed by atoms with Crippen molar-refractivity contribution in [3.8, 4) is 0 Å². The predicted molar refractivity (Wildman–Crippen MR) is 191 cm³/mol. The normalized spacial score (nSPS) is 15.2. The molecule has 1 amide bonds. The summed E-state index contributed by atoms with van der Waals surface area (Å²) < 4.78 is 23.0. The number of hydrogen-bond acceptors (Lipinski definition) is 6. The average Bonchev–Trinajstić information content (AvgIpc) is 2.99. The molecule has 0 radical (unpaired) electrons. The van der Waals surface area contributed by atoms with Gasteiger partial charge in [-0.2, -0.15) is 0 Å². The molecule has 0 aliphatic carbocycles. The average molecular weight is 671 g/mol. The van der Waals surface area contributed by atoms with E-state index in [1.165, 1.54) is 57.8 Å². The molecule has 0 rings (SSSR count). The van der Waals surface area contributed by atoms with E-state index in [0.29, 0.717) is 17.4 Å². The molecule has 0 aromatic rings. The molecule has 0 spiro atoms. The minimum absolute atomic E-state index is 0.00855. The van der Waals surface area contributed by atoms with Gasteiger partial charge in [0.2, 0.25) is 5.91 Å². The van der Waals surface area contributed by atoms with Crippen LogP contribution in [0.15, 0.2) is 36.5 Å². The Hall–Kier alpha value is -1.28. The monoisotopic (exact) mass is 671 g/mol. The van der Waals surface area contributed by atoms with Crippen molar-refractivity contribution in [1.29, 1.82) is 0 Å². The highest BCUT2D eigenvalue weighted by molar-refractivity contribution is 7.45. The summed E-state index contributed by atoms with van der Waals surface area (Å²) in [4.78, 5) is 25.1. The smallest absolute Gasteiger partial charge is 0.268 e. The number of phosphoric ester groups is 1. The Labute approximate surface area is 283 Å². The summed E-state index contributed by atoms with van der Waals surface area (Å²) in [5, 5.41) is 13.6. The van der Waals surface area contributed by atoms with E-state index in [2.05, 4.69) is 43.5 Å². The van der Waals surface area contributed by atoms with Gasteiger partial charge < -0.3 is 28.8 Å². The summed E-state index contributed by atoms with van der Waals surface area (Å²) in [7, 11) is 1.23. The van der Waals surface area contributed by atoms with Crippen LogP contribution in [-0.4, -0.2) is 68.5 Å². The van der Waals surface area contributed by atoms with Crippen LogP contribution in [0, 0.1) is 0 Å². The first-order valence-corrected chi connectivity index (χ1v) is 19.8. The van der Waals surface area contributed by atoms with E-state index in [0.717, 1.165) is 64.2 Å². The maximum Gasteiger partial charge on any atom is 0.268 e. The van der Waals surface area contributed by atoms with Crippen LogP contribution in [-0.2, 0) is 18.4 Å². The van der Waals surface area contributed by atoms with Crippen molar-refractivity contribution in [2.24, 2.45) is 0 Å². The third-order valence-electron chi connectivity index (χ3n) is 7.82. The molecule has 46 heavy (non-hydrogen) atoms. The van der Waals surface area contributed by atoms with Gasteiger partial charge >= 0.3 is 0 Å². The Morgan fingerprint density at radius 1 is 0.739 bits per heavy atom. The molecule has 2 N–H and O–H groups in total. The second-order valence-electron chi connectivity index (χ2n) is 13.6. The molecule has 0 aliphatic rings. The van der Waals surface area contributed by atoms with Crippen molar-refractivity contribution in [2.75, 3.05) is 40.9 Å². The van der Waals surface area contributed by atoms with Gasteiger partial charge in [0.1, 0.15) is 13.2 Å². The van der Waals surface area contributed by atoms with Gasteiger partial charge in [-0.15, -0.1) is 0 Å². The summed E-state index contributed by atoms with van der Waals surface area (Å²) >= 11 is 0. The van der Waals surface area contributed by atoms with Crippen LogP contribution in [0.3, 0.4) is 0 Å². The molecular weight excluding hydrogens is 599 g/mol. The van der Waals surface area contributed by atoms with E-state index in [1.807, 2.05) is 27.2 Å². The van der Waals surface area contributed by atoms with Crippen LogP contribution in [0.4, 0.5) is 0 Å². The first-order chi connectivity index (χ1) is 22.0. The van der Waals surface area contributed by atoms with E-state index in [1.54, 1.807) is 6.08 Å². The number of allylic oxidation sites excluding steroid dienone is 5. The summed E-state index contributed by atoms with van der Waals surface area (Å²) in [6.07, 6.45) is 33.3. The van der Waals surface area contributed by atoms with Crippen molar-refractivity contribution >= 4 is 13.7 Å². The van der Waals surface area contributed by atoms with E-state index < -0.39 is 26.6 Å². The van der Waals surface area contributed by atoms with E-state index in [-0.39, 0.29) is 12.5 Å². The van der Waals surface area contributed by atoms with Gasteiger partial charge in [0, 0.05) is 6.42 Å². The number of phosphoric acid groups is 1. The molecule has 0 saturated heterocycles. The molecule has 8 nitrogen and oxygen atoms in total. The number of amides is 1. The van der Waals surface area contributed by atoms with Gasteiger partial charge in [0.05, 0.1) is 39.9 Å². The van der Waals surface area contributed by atoms with E-state index >= 15 is 0 Å².